The van der Waals surface area contributed by atoms with Crippen LogP contribution in [-0.4, -0.2) is 66.1 Å². The summed E-state index contributed by atoms with van der Waals surface area (Å²) in [4.78, 5) is 29.9. The molecule has 1 aromatic heterocycles. The van der Waals surface area contributed by atoms with E-state index in [1.807, 2.05) is 30.3 Å². The van der Waals surface area contributed by atoms with E-state index < -0.39 is 30.7 Å². The van der Waals surface area contributed by atoms with Crippen molar-refractivity contribution in [2.45, 2.75) is 63.5 Å². The van der Waals surface area contributed by atoms with Crippen LogP contribution in [0.5, 0.6) is 17.2 Å². The van der Waals surface area contributed by atoms with Crippen LogP contribution in [-0.2, 0) is 27.2 Å². The van der Waals surface area contributed by atoms with E-state index >= 15 is 0 Å². The lowest BCUT2D eigenvalue weighted by molar-refractivity contribution is -0.904. The smallest absolute Gasteiger partial charge is 0.387 e. The lowest BCUT2D eigenvalue weighted by atomic mass is 9.86. The summed E-state index contributed by atoms with van der Waals surface area (Å²) in [6.45, 7) is -0.0990. The molecule has 3 aromatic carbocycles. The van der Waals surface area contributed by atoms with Gasteiger partial charge in [0.25, 0.3) is 0 Å². The van der Waals surface area contributed by atoms with Crippen LogP contribution in [0, 0.1) is 11.8 Å². The standard InChI is InChI=1S/C41H41Cl2F2N3O8/c42-31-20-48(52)21-32(43)30(31)18-34(27-11-12-33(56-41(44)45)35(17-27)53-23-24-9-10-24)54-39(50)29-8-4-7-28(38(29)49)19-46-37(26-5-2-1-3-6-26)40(51)55-36-22-47-15-13-25(36)14-16-47/h1-8,11-12,17,20-21,24-25,34,36-37,41,46H,9-10,13-16,18-19,22-23H2,(H-,49,50,52)/p+1/t34-,36-,37?/m0/s1. The molecule has 1 saturated carbocycles. The molecule has 3 atom stereocenters. The SMILES string of the molecule is O=C(O[C@@H](Cc1c(Cl)c[n+](O)cc1Cl)c1ccc(OC(F)F)c(OCC2CC2)c1)c1cccc(CNC(C(=O)O[C@H]2CN3CCC2CC3)c2ccccc2)c1O. The molecule has 4 aromatic rings. The molecule has 0 amide bonds. The maximum Gasteiger partial charge on any atom is 0.387 e. The molecule has 4 aliphatic rings. The Kier molecular flexibility index (Phi) is 12.4. The van der Waals surface area contributed by atoms with Gasteiger partial charge in [0.1, 0.15) is 39.6 Å². The highest BCUT2D eigenvalue weighted by atomic mass is 35.5. The molecule has 0 spiro atoms. The third kappa shape index (κ3) is 9.63. The molecule has 15 heteroatoms. The van der Waals surface area contributed by atoms with Crippen molar-refractivity contribution in [1.29, 1.82) is 0 Å². The molecule has 2 bridgehead atoms. The summed E-state index contributed by atoms with van der Waals surface area (Å²) in [6.07, 6.45) is 4.86. The molecule has 296 valence electrons. The summed E-state index contributed by atoms with van der Waals surface area (Å²) in [5.41, 5.74) is 1.50. The van der Waals surface area contributed by atoms with Crippen LogP contribution in [0.1, 0.15) is 70.4 Å². The minimum absolute atomic E-state index is 0.00501. The highest BCUT2D eigenvalue weighted by Crippen LogP contribution is 2.39. The summed E-state index contributed by atoms with van der Waals surface area (Å²) in [6, 6.07) is 17.1. The number of halogens is 4. The van der Waals surface area contributed by atoms with Crippen molar-refractivity contribution in [2.24, 2.45) is 11.8 Å². The molecule has 8 rings (SSSR count). The average Bonchev–Trinajstić information content (AvgIpc) is 4.01. The fourth-order valence-electron chi connectivity index (χ4n) is 7.22. The molecule has 3 N–H and O–H groups in total. The number of esters is 2. The van der Waals surface area contributed by atoms with E-state index in [4.69, 9.17) is 42.1 Å². The number of fused-ring (bicyclic) bond motifs is 3. The van der Waals surface area contributed by atoms with Crippen LogP contribution in [0.15, 0.2) is 79.1 Å². The Bertz CT molecular complexity index is 2010. The van der Waals surface area contributed by atoms with Crippen molar-refractivity contribution >= 4 is 35.1 Å². The number of aromatic hydroxyl groups is 1. The van der Waals surface area contributed by atoms with Gasteiger partial charge >= 0.3 is 18.6 Å². The predicted molar refractivity (Wildman–Crippen MR) is 200 cm³/mol. The van der Waals surface area contributed by atoms with Crippen molar-refractivity contribution in [3.05, 3.63) is 117 Å². The first kappa shape index (κ1) is 39.5. The van der Waals surface area contributed by atoms with Gasteiger partial charge in [-0.3, -0.25) is 15.4 Å². The van der Waals surface area contributed by atoms with Crippen LogP contribution < -0.4 is 19.5 Å². The number of nitrogens with zero attached hydrogens (tertiary/aromatic N) is 2. The number of hydrogen-bond acceptors (Lipinski definition) is 10. The summed E-state index contributed by atoms with van der Waals surface area (Å²) in [7, 11) is 0. The summed E-state index contributed by atoms with van der Waals surface area (Å²) < 4.78 is 50.0. The van der Waals surface area contributed by atoms with Gasteiger partial charge in [-0.05, 0) is 79.9 Å². The first-order chi connectivity index (χ1) is 27.0. The van der Waals surface area contributed by atoms with E-state index in [2.05, 4.69) is 10.2 Å². The van der Waals surface area contributed by atoms with Crippen LogP contribution in [0.3, 0.4) is 0 Å². The number of nitrogens with one attached hydrogen (secondary N) is 1. The maximum absolute atomic E-state index is 13.9. The van der Waals surface area contributed by atoms with E-state index in [9.17, 15) is 28.7 Å². The van der Waals surface area contributed by atoms with Crippen LogP contribution in [0.2, 0.25) is 10.0 Å². The number of rotatable bonds is 16. The highest BCUT2D eigenvalue weighted by Gasteiger charge is 2.38. The number of alkyl halides is 2. The van der Waals surface area contributed by atoms with E-state index in [1.54, 1.807) is 12.1 Å². The second-order valence-electron chi connectivity index (χ2n) is 14.4. The van der Waals surface area contributed by atoms with E-state index in [0.717, 1.165) is 38.8 Å². The number of carbonyl (C=O) groups is 2. The van der Waals surface area contributed by atoms with Gasteiger partial charge in [0.15, 0.2) is 11.5 Å². The number of pyridine rings is 1. The largest absolute Gasteiger partial charge is 0.507 e. The number of piperidine rings is 3. The van der Waals surface area contributed by atoms with Crippen LogP contribution in [0.25, 0.3) is 0 Å². The molecule has 1 aliphatic carbocycles. The molecule has 11 nitrogen and oxygen atoms in total. The Morgan fingerprint density at radius 3 is 2.32 bits per heavy atom. The maximum atomic E-state index is 13.9. The van der Waals surface area contributed by atoms with Crippen molar-refractivity contribution in [3.63, 3.8) is 0 Å². The first-order valence-corrected chi connectivity index (χ1v) is 19.3. The topological polar surface area (TPSA) is 131 Å². The van der Waals surface area contributed by atoms with Gasteiger partial charge in [0, 0.05) is 35.4 Å². The molecule has 4 fully saturated rings. The van der Waals surface area contributed by atoms with Crippen molar-refractivity contribution < 1.29 is 52.4 Å². The van der Waals surface area contributed by atoms with Crippen molar-refractivity contribution in [2.75, 3.05) is 26.2 Å². The van der Waals surface area contributed by atoms with Crippen LogP contribution >= 0.6 is 23.2 Å². The third-order valence-electron chi connectivity index (χ3n) is 10.5. The van der Waals surface area contributed by atoms with E-state index in [-0.39, 0.29) is 58.5 Å². The number of phenolic OH excluding ortho intramolecular Hbond substituents is 1. The van der Waals surface area contributed by atoms with Gasteiger partial charge < -0.3 is 24.1 Å². The van der Waals surface area contributed by atoms with Crippen molar-refractivity contribution in [1.82, 2.24) is 10.2 Å². The molecule has 56 heavy (non-hydrogen) atoms. The number of benzene rings is 3. The van der Waals surface area contributed by atoms with Gasteiger partial charge in [0.05, 0.1) is 6.61 Å². The number of carbonyl (C=O) groups excluding carboxylic acids is 2. The summed E-state index contributed by atoms with van der Waals surface area (Å²) in [5.74, 6) is -1.25. The number of para-hydroxylation sites is 1. The summed E-state index contributed by atoms with van der Waals surface area (Å²) >= 11 is 12.9. The average molecular weight is 814 g/mol. The zero-order valence-corrected chi connectivity index (χ0v) is 31.8. The normalized spacial score (nSPS) is 20.0. The molecule has 3 aliphatic heterocycles. The molecular weight excluding hydrogens is 771 g/mol. The fourth-order valence-corrected chi connectivity index (χ4v) is 7.82. The van der Waals surface area contributed by atoms with Gasteiger partial charge in [-0.25, -0.2) is 9.59 Å². The molecular formula is C41H42Cl2F2N3O8+. The van der Waals surface area contributed by atoms with Gasteiger partial charge in [-0.1, -0.05) is 71.7 Å². The molecule has 1 unspecified atom stereocenters. The number of aromatic nitrogens is 1. The number of phenols is 1. The first-order valence-electron chi connectivity index (χ1n) is 18.6. The lowest BCUT2D eigenvalue weighted by Gasteiger charge is -2.44. The number of hydrogen-bond donors (Lipinski definition) is 3. The Hall–Kier alpha value is -4.69. The zero-order valence-electron chi connectivity index (χ0n) is 30.3. The minimum atomic E-state index is -3.10. The highest BCUT2D eigenvalue weighted by molar-refractivity contribution is 6.35. The number of ether oxygens (including phenoxy) is 4. The minimum Gasteiger partial charge on any atom is -0.507 e. The quantitative estimate of drug-likeness (QED) is 0.0606. The fraction of sp³-hybridized carbons (Fsp3) is 0.390. The van der Waals surface area contributed by atoms with Gasteiger partial charge in [0.2, 0.25) is 12.4 Å². The van der Waals surface area contributed by atoms with E-state index in [1.165, 1.54) is 36.7 Å². The van der Waals surface area contributed by atoms with E-state index in [0.29, 0.717) is 45.4 Å². The second kappa shape index (κ2) is 17.6. The third-order valence-corrected chi connectivity index (χ3v) is 11.2. The predicted octanol–water partition coefficient (Wildman–Crippen LogP) is 7.22. The van der Waals surface area contributed by atoms with Gasteiger partial charge in [-0.15, -0.1) is 0 Å². The zero-order chi connectivity index (χ0) is 39.3. The molecule has 0 radical (unpaired) electrons. The molecule has 3 saturated heterocycles. The summed E-state index contributed by atoms with van der Waals surface area (Å²) in [5, 5.41) is 24.8. The van der Waals surface area contributed by atoms with Crippen LogP contribution in [0.4, 0.5) is 8.78 Å². The Labute approximate surface area is 332 Å². The second-order valence-corrected chi connectivity index (χ2v) is 15.2. The Morgan fingerprint density at radius 1 is 0.929 bits per heavy atom. The monoisotopic (exact) mass is 812 g/mol. The molecule has 4 heterocycles. The van der Waals surface area contributed by atoms with Crippen molar-refractivity contribution in [3.8, 4) is 17.2 Å². The Morgan fingerprint density at radius 2 is 1.66 bits per heavy atom. The lowest BCUT2D eigenvalue weighted by Crippen LogP contribution is -2.52. The van der Waals surface area contributed by atoms with Gasteiger partial charge in [-0.2, -0.15) is 8.78 Å². The Balaban J connectivity index is 1.13.